The first-order chi connectivity index (χ1) is 10.6. The summed E-state index contributed by atoms with van der Waals surface area (Å²) in [4.78, 5) is 12.1. The number of fused-ring (bicyclic) bond motifs is 1. The van der Waals surface area contributed by atoms with Crippen LogP contribution in [0.4, 0.5) is 0 Å². The van der Waals surface area contributed by atoms with Crippen LogP contribution in [0.5, 0.6) is 0 Å². The van der Waals surface area contributed by atoms with E-state index >= 15 is 0 Å². The largest absolute Gasteiger partial charge is 0.321 e. The Morgan fingerprint density at radius 1 is 1.09 bits per heavy atom. The van der Waals surface area contributed by atoms with E-state index in [0.717, 1.165) is 22.4 Å². The number of carbonyl (C=O) groups is 1. The highest BCUT2D eigenvalue weighted by atomic mass is 35.5. The summed E-state index contributed by atoms with van der Waals surface area (Å²) >= 11 is 12.1. The fourth-order valence-electron chi connectivity index (χ4n) is 2.58. The van der Waals surface area contributed by atoms with Gasteiger partial charge in [0.15, 0.2) is 0 Å². The summed E-state index contributed by atoms with van der Waals surface area (Å²) in [6, 6.07) is 13.0. The summed E-state index contributed by atoms with van der Waals surface area (Å²) in [7, 11) is 0. The van der Waals surface area contributed by atoms with Crippen molar-refractivity contribution in [2.75, 3.05) is 0 Å². The van der Waals surface area contributed by atoms with Gasteiger partial charge in [-0.1, -0.05) is 53.5 Å². The van der Waals surface area contributed by atoms with E-state index in [1.54, 1.807) is 12.1 Å². The number of carbonyl (C=O) groups excluding carboxylic acids is 1. The molecule has 0 bridgehead atoms. The summed E-state index contributed by atoms with van der Waals surface area (Å²) in [5.74, 6) is -0.0905. The van der Waals surface area contributed by atoms with Gasteiger partial charge in [-0.05, 0) is 35.8 Å². The standard InChI is InChI=1S/C18H13Cl2NO/c1-2-5-12(11-8-9-15(19)16(20)10-11)17-13-6-3-4-7-14(13)18(22)21-17/h2-4,6-10H,1,5H2,(H,21,22)/b17-12-. The van der Waals surface area contributed by atoms with Gasteiger partial charge in [-0.2, -0.15) is 0 Å². The minimum atomic E-state index is -0.0905. The Hall–Kier alpha value is -2.03. The average molecular weight is 330 g/mol. The molecule has 0 radical (unpaired) electrons. The van der Waals surface area contributed by atoms with Crippen molar-refractivity contribution in [2.45, 2.75) is 6.42 Å². The van der Waals surface area contributed by atoms with Crippen LogP contribution >= 0.6 is 23.2 Å². The highest BCUT2D eigenvalue weighted by molar-refractivity contribution is 6.42. The van der Waals surface area contributed by atoms with E-state index in [-0.39, 0.29) is 5.91 Å². The van der Waals surface area contributed by atoms with Crippen LogP contribution in [0.2, 0.25) is 10.0 Å². The molecule has 0 aliphatic carbocycles. The van der Waals surface area contributed by atoms with Crippen LogP contribution in [0, 0.1) is 0 Å². The van der Waals surface area contributed by atoms with Gasteiger partial charge in [-0.15, -0.1) is 6.58 Å². The molecular weight excluding hydrogens is 317 g/mol. The second kappa shape index (κ2) is 5.99. The van der Waals surface area contributed by atoms with Crippen molar-refractivity contribution < 1.29 is 4.79 Å². The maximum absolute atomic E-state index is 12.1. The molecule has 3 rings (SSSR count). The van der Waals surface area contributed by atoms with E-state index in [1.807, 2.05) is 36.4 Å². The molecule has 1 aliphatic heterocycles. The minimum absolute atomic E-state index is 0.0905. The van der Waals surface area contributed by atoms with Gasteiger partial charge in [0.05, 0.1) is 15.7 Å². The van der Waals surface area contributed by atoms with Crippen LogP contribution < -0.4 is 5.32 Å². The predicted octanol–water partition coefficient (Wildman–Crippen LogP) is 5.18. The molecule has 2 nitrogen and oxygen atoms in total. The molecule has 110 valence electrons. The van der Waals surface area contributed by atoms with Gasteiger partial charge in [0.1, 0.15) is 0 Å². The number of nitrogens with one attached hydrogen (secondary N) is 1. The molecule has 2 aromatic rings. The Bertz CT molecular complexity index is 808. The molecule has 1 amide bonds. The van der Waals surface area contributed by atoms with Crippen LogP contribution in [0.25, 0.3) is 11.3 Å². The molecule has 0 spiro atoms. The molecule has 2 aromatic carbocycles. The van der Waals surface area contributed by atoms with E-state index in [4.69, 9.17) is 23.2 Å². The SMILES string of the molecule is C=CC/C(=C1/NC(=O)c2ccccc21)c1ccc(Cl)c(Cl)c1. The molecule has 0 atom stereocenters. The molecule has 1 aliphatic rings. The van der Waals surface area contributed by atoms with Crippen molar-refractivity contribution in [1.82, 2.24) is 5.32 Å². The first-order valence-electron chi connectivity index (χ1n) is 6.82. The molecule has 0 fully saturated rings. The third-order valence-corrected chi connectivity index (χ3v) is 4.34. The highest BCUT2D eigenvalue weighted by Crippen LogP contribution is 2.35. The summed E-state index contributed by atoms with van der Waals surface area (Å²) in [6.07, 6.45) is 2.42. The van der Waals surface area contributed by atoms with Gasteiger partial charge in [-0.25, -0.2) is 0 Å². The lowest BCUT2D eigenvalue weighted by atomic mass is 9.96. The monoisotopic (exact) mass is 329 g/mol. The Balaban J connectivity index is 2.21. The van der Waals surface area contributed by atoms with E-state index in [9.17, 15) is 4.79 Å². The fraction of sp³-hybridized carbons (Fsp3) is 0.0556. The van der Waals surface area contributed by atoms with E-state index in [1.165, 1.54) is 0 Å². The summed E-state index contributed by atoms with van der Waals surface area (Å²) in [5.41, 5.74) is 4.27. The first kappa shape index (κ1) is 14.9. The second-order valence-corrected chi connectivity index (χ2v) is 5.79. The molecular formula is C18H13Cl2NO. The lowest BCUT2D eigenvalue weighted by Gasteiger charge is -2.12. The minimum Gasteiger partial charge on any atom is -0.321 e. The highest BCUT2D eigenvalue weighted by Gasteiger charge is 2.25. The summed E-state index contributed by atoms with van der Waals surface area (Å²) < 4.78 is 0. The number of hydrogen-bond donors (Lipinski definition) is 1. The smallest absolute Gasteiger partial charge is 0.256 e. The molecule has 1 N–H and O–H groups in total. The maximum Gasteiger partial charge on any atom is 0.256 e. The van der Waals surface area contributed by atoms with Gasteiger partial charge in [-0.3, -0.25) is 4.79 Å². The molecule has 0 unspecified atom stereocenters. The van der Waals surface area contributed by atoms with Gasteiger partial charge in [0, 0.05) is 11.1 Å². The van der Waals surface area contributed by atoms with Crippen molar-refractivity contribution in [2.24, 2.45) is 0 Å². The molecule has 22 heavy (non-hydrogen) atoms. The molecule has 0 saturated carbocycles. The third-order valence-electron chi connectivity index (χ3n) is 3.60. The number of amides is 1. The zero-order valence-corrected chi connectivity index (χ0v) is 13.2. The third kappa shape index (κ3) is 2.56. The quantitative estimate of drug-likeness (QED) is 0.772. The lowest BCUT2D eigenvalue weighted by molar-refractivity contribution is 0.0981. The predicted molar refractivity (Wildman–Crippen MR) is 92.0 cm³/mol. The van der Waals surface area contributed by atoms with Crippen LogP contribution in [0.15, 0.2) is 55.1 Å². The summed E-state index contributed by atoms with van der Waals surface area (Å²) in [6.45, 7) is 3.81. The van der Waals surface area contributed by atoms with Crippen molar-refractivity contribution in [3.63, 3.8) is 0 Å². The van der Waals surface area contributed by atoms with Crippen LogP contribution in [-0.2, 0) is 0 Å². The maximum atomic E-state index is 12.1. The molecule has 0 saturated heterocycles. The lowest BCUT2D eigenvalue weighted by Crippen LogP contribution is -2.13. The van der Waals surface area contributed by atoms with Crippen molar-refractivity contribution >= 4 is 40.4 Å². The number of allylic oxidation sites excluding steroid dienone is 2. The Morgan fingerprint density at radius 2 is 1.82 bits per heavy atom. The van der Waals surface area contributed by atoms with Gasteiger partial charge in [0.25, 0.3) is 5.91 Å². The fourth-order valence-corrected chi connectivity index (χ4v) is 2.88. The number of benzene rings is 2. The van der Waals surface area contributed by atoms with Gasteiger partial charge < -0.3 is 5.32 Å². The first-order valence-corrected chi connectivity index (χ1v) is 7.57. The Kier molecular flexibility index (Phi) is 4.06. The second-order valence-electron chi connectivity index (χ2n) is 4.97. The summed E-state index contributed by atoms with van der Waals surface area (Å²) in [5, 5.41) is 3.94. The zero-order chi connectivity index (χ0) is 15.7. The van der Waals surface area contributed by atoms with E-state index in [2.05, 4.69) is 11.9 Å². The van der Waals surface area contributed by atoms with Crippen molar-refractivity contribution in [3.8, 4) is 0 Å². The Labute approximate surface area is 139 Å². The average Bonchev–Trinajstić information content (AvgIpc) is 2.85. The van der Waals surface area contributed by atoms with Crippen LogP contribution in [0.3, 0.4) is 0 Å². The Morgan fingerprint density at radius 3 is 2.50 bits per heavy atom. The number of rotatable bonds is 3. The topological polar surface area (TPSA) is 29.1 Å². The van der Waals surface area contributed by atoms with Crippen LogP contribution in [0.1, 0.15) is 27.9 Å². The number of hydrogen-bond acceptors (Lipinski definition) is 1. The van der Waals surface area contributed by atoms with E-state index in [0.29, 0.717) is 22.0 Å². The molecule has 4 heteroatoms. The van der Waals surface area contributed by atoms with Gasteiger partial charge >= 0.3 is 0 Å². The number of halogens is 2. The zero-order valence-electron chi connectivity index (χ0n) is 11.7. The van der Waals surface area contributed by atoms with Gasteiger partial charge in [0.2, 0.25) is 0 Å². The van der Waals surface area contributed by atoms with E-state index < -0.39 is 0 Å². The molecule has 0 aromatic heterocycles. The molecule has 1 heterocycles. The van der Waals surface area contributed by atoms with Crippen LogP contribution in [-0.4, -0.2) is 5.91 Å². The normalized spacial score (nSPS) is 15.3. The van der Waals surface area contributed by atoms with Crippen molar-refractivity contribution in [3.05, 3.63) is 81.9 Å². The van der Waals surface area contributed by atoms with Crippen molar-refractivity contribution in [1.29, 1.82) is 0 Å².